The van der Waals surface area contributed by atoms with Gasteiger partial charge in [-0.25, -0.2) is 0 Å². The van der Waals surface area contributed by atoms with Crippen LogP contribution in [-0.2, 0) is 17.9 Å². The molecule has 3 aromatic carbocycles. The van der Waals surface area contributed by atoms with E-state index in [1.165, 1.54) is 0 Å². The van der Waals surface area contributed by atoms with Crippen LogP contribution in [0, 0.1) is 0 Å². The maximum atomic E-state index is 14.6. The van der Waals surface area contributed by atoms with Crippen LogP contribution < -0.4 is 19.3 Å². The van der Waals surface area contributed by atoms with Gasteiger partial charge in [0.15, 0.2) is 0 Å². The summed E-state index contributed by atoms with van der Waals surface area (Å²) in [6, 6.07) is 22.2. The van der Waals surface area contributed by atoms with Gasteiger partial charge in [-0.15, -0.1) is 0 Å². The Balaban J connectivity index is 1.50. The van der Waals surface area contributed by atoms with Crippen LogP contribution in [-0.4, -0.2) is 74.6 Å². The zero-order valence-electron chi connectivity index (χ0n) is 26.5. The number of hydrogen-bond acceptors (Lipinski definition) is 6. The molecule has 0 aromatic heterocycles. The molecule has 0 radical (unpaired) electrons. The summed E-state index contributed by atoms with van der Waals surface area (Å²) in [5.41, 5.74) is 4.64. The third kappa shape index (κ3) is 7.72. The molecular formula is C36H46N4O4. The van der Waals surface area contributed by atoms with Crippen molar-refractivity contribution in [2.45, 2.75) is 52.6 Å². The minimum atomic E-state index is -0.0538. The van der Waals surface area contributed by atoms with Crippen LogP contribution in [0.1, 0.15) is 61.0 Å². The largest absolute Gasteiger partial charge is 0.497 e. The lowest BCUT2D eigenvalue weighted by Crippen LogP contribution is -2.38. The van der Waals surface area contributed by atoms with Crippen LogP contribution >= 0.6 is 0 Å². The van der Waals surface area contributed by atoms with Gasteiger partial charge in [0.1, 0.15) is 11.5 Å². The molecule has 0 N–H and O–H groups in total. The van der Waals surface area contributed by atoms with Crippen LogP contribution in [0.2, 0.25) is 0 Å². The maximum Gasteiger partial charge on any atom is 0.258 e. The summed E-state index contributed by atoms with van der Waals surface area (Å²) >= 11 is 0. The van der Waals surface area contributed by atoms with Crippen molar-refractivity contribution in [1.82, 2.24) is 9.80 Å². The van der Waals surface area contributed by atoms with Crippen molar-refractivity contribution >= 4 is 23.2 Å². The lowest BCUT2D eigenvalue weighted by atomic mass is 10.1. The standard InChI is InChI=1S/C36H46N4O4/c1-4-23-44-35-16-15-31(38-18-7-8-19-38)25-33(35)36(42)39-22-21-37(26-29-11-9-13-32(24-29)43-3)17-10-20-40(28(2)41)34-14-6-5-12-30(34)27-39/h5-6,9,11-16,24-25H,4,7-8,10,17-23,26-27H2,1-3H3. The minimum Gasteiger partial charge on any atom is -0.497 e. The Morgan fingerprint density at radius 2 is 1.66 bits per heavy atom. The van der Waals surface area contributed by atoms with Gasteiger partial charge in [0.2, 0.25) is 5.91 Å². The van der Waals surface area contributed by atoms with E-state index < -0.39 is 0 Å². The predicted molar refractivity (Wildman–Crippen MR) is 176 cm³/mol. The average Bonchev–Trinajstić information content (AvgIpc) is 3.58. The van der Waals surface area contributed by atoms with Crippen molar-refractivity contribution in [1.29, 1.82) is 0 Å². The van der Waals surface area contributed by atoms with Crippen LogP contribution in [0.25, 0.3) is 0 Å². The molecule has 0 aliphatic carbocycles. The van der Waals surface area contributed by atoms with E-state index in [4.69, 9.17) is 9.47 Å². The monoisotopic (exact) mass is 598 g/mol. The third-order valence-corrected chi connectivity index (χ3v) is 8.52. The van der Waals surface area contributed by atoms with E-state index in [1.807, 2.05) is 58.3 Å². The molecule has 0 unspecified atom stereocenters. The number of rotatable bonds is 8. The van der Waals surface area contributed by atoms with E-state index in [1.54, 1.807) is 14.0 Å². The summed E-state index contributed by atoms with van der Waals surface area (Å²) in [6.45, 7) is 10.0. The van der Waals surface area contributed by atoms with Gasteiger partial charge in [0.25, 0.3) is 5.91 Å². The first-order chi connectivity index (χ1) is 21.5. The molecule has 234 valence electrons. The Kier molecular flexibility index (Phi) is 10.8. The van der Waals surface area contributed by atoms with E-state index in [2.05, 4.69) is 34.9 Å². The molecule has 2 aliphatic heterocycles. The summed E-state index contributed by atoms with van der Waals surface area (Å²) in [5, 5.41) is 0. The van der Waals surface area contributed by atoms with Crippen molar-refractivity contribution < 1.29 is 19.1 Å². The van der Waals surface area contributed by atoms with Crippen LogP contribution in [0.4, 0.5) is 11.4 Å². The highest BCUT2D eigenvalue weighted by atomic mass is 16.5. The van der Waals surface area contributed by atoms with Crippen molar-refractivity contribution in [2.24, 2.45) is 0 Å². The Labute approximate surface area is 262 Å². The maximum absolute atomic E-state index is 14.6. The first-order valence-corrected chi connectivity index (χ1v) is 16.0. The van der Waals surface area contributed by atoms with Gasteiger partial charge in [-0.1, -0.05) is 37.3 Å². The zero-order chi connectivity index (χ0) is 30.9. The summed E-state index contributed by atoms with van der Waals surface area (Å²) in [4.78, 5) is 36.0. The first-order valence-electron chi connectivity index (χ1n) is 16.0. The van der Waals surface area contributed by atoms with E-state index in [-0.39, 0.29) is 11.8 Å². The van der Waals surface area contributed by atoms with Gasteiger partial charge >= 0.3 is 0 Å². The van der Waals surface area contributed by atoms with E-state index in [0.717, 1.165) is 80.1 Å². The van der Waals surface area contributed by atoms with Crippen molar-refractivity contribution in [3.05, 3.63) is 83.4 Å². The first kappa shape index (κ1) is 31.4. The lowest BCUT2D eigenvalue weighted by molar-refractivity contribution is -0.116. The number of anilines is 2. The van der Waals surface area contributed by atoms with E-state index in [0.29, 0.717) is 44.1 Å². The van der Waals surface area contributed by atoms with Crippen molar-refractivity contribution in [3.8, 4) is 11.5 Å². The van der Waals surface area contributed by atoms with Gasteiger partial charge in [-0.2, -0.15) is 0 Å². The quantitative estimate of drug-likeness (QED) is 0.318. The molecule has 2 heterocycles. The van der Waals surface area contributed by atoms with Crippen LogP contribution in [0.3, 0.4) is 0 Å². The molecule has 1 saturated heterocycles. The van der Waals surface area contributed by atoms with Crippen molar-refractivity contribution in [2.75, 3.05) is 62.8 Å². The second-order valence-corrected chi connectivity index (χ2v) is 11.7. The fourth-order valence-corrected chi connectivity index (χ4v) is 6.19. The molecule has 0 saturated carbocycles. The highest BCUT2D eigenvalue weighted by Gasteiger charge is 2.26. The number of ether oxygens (including phenoxy) is 2. The number of carbonyl (C=O) groups excluding carboxylic acids is 2. The van der Waals surface area contributed by atoms with E-state index in [9.17, 15) is 9.59 Å². The second kappa shape index (κ2) is 15.1. The number of amides is 2. The van der Waals surface area contributed by atoms with E-state index >= 15 is 0 Å². The normalized spacial score (nSPS) is 16.3. The predicted octanol–water partition coefficient (Wildman–Crippen LogP) is 5.99. The molecule has 8 heteroatoms. The molecule has 0 atom stereocenters. The van der Waals surface area contributed by atoms with Gasteiger partial charge in [0.05, 0.1) is 19.3 Å². The number of para-hydroxylation sites is 1. The third-order valence-electron chi connectivity index (χ3n) is 8.52. The molecule has 0 bridgehead atoms. The SMILES string of the molecule is CCCOc1ccc(N2CCCC2)cc1C(=O)N1CCN(Cc2cccc(OC)c2)CCCN(C(C)=O)c2ccccc2C1. The zero-order valence-corrected chi connectivity index (χ0v) is 26.5. The smallest absolute Gasteiger partial charge is 0.258 e. The Morgan fingerprint density at radius 1 is 0.841 bits per heavy atom. The average molecular weight is 599 g/mol. The summed E-state index contributed by atoms with van der Waals surface area (Å²) < 4.78 is 11.6. The highest BCUT2D eigenvalue weighted by Crippen LogP contribution is 2.31. The van der Waals surface area contributed by atoms with Gasteiger partial charge in [-0.05, 0) is 73.2 Å². The van der Waals surface area contributed by atoms with Crippen LogP contribution in [0.15, 0.2) is 66.7 Å². The molecule has 1 fully saturated rings. The van der Waals surface area contributed by atoms with Gasteiger partial charge in [-0.3, -0.25) is 14.5 Å². The second-order valence-electron chi connectivity index (χ2n) is 11.7. The van der Waals surface area contributed by atoms with Crippen LogP contribution in [0.5, 0.6) is 11.5 Å². The molecular weight excluding hydrogens is 552 g/mol. The Bertz CT molecular complexity index is 1420. The number of hydrogen-bond donors (Lipinski definition) is 0. The fourth-order valence-electron chi connectivity index (χ4n) is 6.19. The number of carbonyl (C=O) groups is 2. The fraction of sp³-hybridized carbons (Fsp3) is 0.444. The van der Waals surface area contributed by atoms with Crippen molar-refractivity contribution in [3.63, 3.8) is 0 Å². The Hall–Kier alpha value is -4.04. The number of benzene rings is 3. The molecule has 44 heavy (non-hydrogen) atoms. The van der Waals surface area contributed by atoms with Gasteiger partial charge in [0, 0.05) is 70.7 Å². The summed E-state index contributed by atoms with van der Waals surface area (Å²) in [5.74, 6) is 1.40. The molecule has 3 aromatic rings. The molecule has 8 nitrogen and oxygen atoms in total. The van der Waals surface area contributed by atoms with Gasteiger partial charge < -0.3 is 24.2 Å². The molecule has 2 aliphatic rings. The summed E-state index contributed by atoms with van der Waals surface area (Å²) in [7, 11) is 1.68. The molecule has 2 amide bonds. The minimum absolute atomic E-state index is 0.00230. The number of nitrogens with zero attached hydrogens (tertiary/aromatic N) is 4. The lowest BCUT2D eigenvalue weighted by Gasteiger charge is -2.29. The molecule has 5 rings (SSSR count). The molecule has 0 spiro atoms. The number of methoxy groups -OCH3 is 1. The summed E-state index contributed by atoms with van der Waals surface area (Å²) in [6.07, 6.45) is 4.00. The Morgan fingerprint density at radius 3 is 2.43 bits per heavy atom. The topological polar surface area (TPSA) is 65.6 Å². The number of fused-ring (bicyclic) bond motifs is 1. The highest BCUT2D eigenvalue weighted by molar-refractivity contribution is 5.98.